The standard InChI is InChI=1S/C16H28N4O3S.ClH/c1-12-6-5-7-20(9-12)24(22,23)13-8-14(19(4)10-13)15(21)18-11-16(2,3)17;/h8,10,12H,5-7,9,11,17H2,1-4H3,(H,18,21);1H. The van der Waals surface area contributed by atoms with E-state index in [1.807, 2.05) is 13.8 Å². The predicted octanol–water partition coefficient (Wildman–Crippen LogP) is 1.33. The molecule has 7 nitrogen and oxygen atoms in total. The van der Waals surface area contributed by atoms with Gasteiger partial charge in [0.1, 0.15) is 10.6 Å². The van der Waals surface area contributed by atoms with Gasteiger partial charge in [0.25, 0.3) is 5.91 Å². The summed E-state index contributed by atoms with van der Waals surface area (Å²) in [4.78, 5) is 12.4. The number of aromatic nitrogens is 1. The highest BCUT2D eigenvalue weighted by molar-refractivity contribution is 7.89. The molecular weight excluding hydrogens is 364 g/mol. The first-order valence-corrected chi connectivity index (χ1v) is 9.68. The van der Waals surface area contributed by atoms with Crippen LogP contribution >= 0.6 is 12.4 Å². The highest BCUT2D eigenvalue weighted by Gasteiger charge is 2.30. The second-order valence-corrected chi connectivity index (χ2v) is 9.39. The number of nitrogens with zero attached hydrogens (tertiary/aromatic N) is 2. The zero-order valence-corrected chi connectivity index (χ0v) is 16.9. The number of rotatable bonds is 5. The Morgan fingerprint density at radius 2 is 2.08 bits per heavy atom. The maximum atomic E-state index is 12.8. The quantitative estimate of drug-likeness (QED) is 0.789. The van der Waals surface area contributed by atoms with Crippen LogP contribution in [0.4, 0.5) is 0 Å². The number of carbonyl (C=O) groups is 1. The monoisotopic (exact) mass is 392 g/mol. The molecule has 1 aliphatic heterocycles. The Morgan fingerprint density at radius 3 is 2.64 bits per heavy atom. The Labute approximate surface area is 156 Å². The van der Waals surface area contributed by atoms with Crippen LogP contribution in [0.25, 0.3) is 0 Å². The number of halogens is 1. The highest BCUT2D eigenvalue weighted by Crippen LogP contribution is 2.24. The van der Waals surface area contributed by atoms with Gasteiger partial charge in [-0.2, -0.15) is 4.31 Å². The van der Waals surface area contributed by atoms with E-state index in [2.05, 4.69) is 12.2 Å². The number of nitrogens with two attached hydrogens (primary N) is 1. The van der Waals surface area contributed by atoms with Gasteiger partial charge in [-0.1, -0.05) is 6.92 Å². The molecule has 1 aromatic heterocycles. The minimum atomic E-state index is -3.57. The van der Waals surface area contributed by atoms with Crippen LogP contribution in [0.15, 0.2) is 17.2 Å². The highest BCUT2D eigenvalue weighted by atomic mass is 35.5. The van der Waals surface area contributed by atoms with Crippen molar-refractivity contribution in [1.82, 2.24) is 14.2 Å². The maximum Gasteiger partial charge on any atom is 0.268 e. The van der Waals surface area contributed by atoms with Crippen molar-refractivity contribution in [2.75, 3.05) is 19.6 Å². The lowest BCUT2D eigenvalue weighted by atomic mass is 10.0. The van der Waals surface area contributed by atoms with E-state index in [1.165, 1.54) is 16.6 Å². The summed E-state index contributed by atoms with van der Waals surface area (Å²) in [7, 11) is -1.90. The second-order valence-electron chi connectivity index (χ2n) is 7.45. The van der Waals surface area contributed by atoms with Gasteiger partial charge in [-0.15, -0.1) is 12.4 Å². The number of hydrogen-bond acceptors (Lipinski definition) is 4. The molecule has 0 spiro atoms. The summed E-state index contributed by atoms with van der Waals surface area (Å²) < 4.78 is 28.7. The van der Waals surface area contributed by atoms with E-state index >= 15 is 0 Å². The van der Waals surface area contributed by atoms with Crippen molar-refractivity contribution in [3.8, 4) is 0 Å². The van der Waals surface area contributed by atoms with Gasteiger partial charge in [0.2, 0.25) is 10.0 Å². The summed E-state index contributed by atoms with van der Waals surface area (Å²) in [6.45, 7) is 7.05. The Balaban J connectivity index is 0.00000312. The lowest BCUT2D eigenvalue weighted by Crippen LogP contribution is -2.45. The van der Waals surface area contributed by atoms with E-state index in [-0.39, 0.29) is 23.2 Å². The van der Waals surface area contributed by atoms with Gasteiger partial charge in [0.05, 0.1) is 0 Å². The van der Waals surface area contributed by atoms with Crippen molar-refractivity contribution in [2.45, 2.75) is 44.0 Å². The summed E-state index contributed by atoms with van der Waals surface area (Å²) in [6, 6.07) is 1.44. The van der Waals surface area contributed by atoms with Crippen LogP contribution in [0.1, 0.15) is 44.1 Å². The number of amides is 1. The van der Waals surface area contributed by atoms with Gasteiger partial charge < -0.3 is 15.6 Å². The van der Waals surface area contributed by atoms with Crippen molar-refractivity contribution in [2.24, 2.45) is 18.7 Å². The fourth-order valence-electron chi connectivity index (χ4n) is 2.81. The minimum Gasteiger partial charge on any atom is -0.349 e. The number of hydrogen-bond donors (Lipinski definition) is 2. The van der Waals surface area contributed by atoms with Crippen LogP contribution in [-0.2, 0) is 17.1 Å². The Hall–Kier alpha value is -1.09. The normalized spacial score (nSPS) is 19.3. The fraction of sp³-hybridized carbons (Fsp3) is 0.688. The van der Waals surface area contributed by atoms with E-state index in [9.17, 15) is 13.2 Å². The topological polar surface area (TPSA) is 97.4 Å². The fourth-order valence-corrected chi connectivity index (χ4v) is 4.48. The molecule has 1 aliphatic rings. The number of nitrogens with one attached hydrogen (secondary N) is 1. The molecule has 0 aliphatic carbocycles. The molecule has 9 heteroatoms. The van der Waals surface area contributed by atoms with Crippen molar-refractivity contribution >= 4 is 28.3 Å². The molecule has 1 aromatic rings. The summed E-state index contributed by atoms with van der Waals surface area (Å²) in [6.07, 6.45) is 3.41. The van der Waals surface area contributed by atoms with Crippen LogP contribution in [0.5, 0.6) is 0 Å². The Kier molecular flexibility index (Phi) is 7.09. The molecule has 2 heterocycles. The van der Waals surface area contributed by atoms with Crippen LogP contribution in [0.2, 0.25) is 0 Å². The number of aryl methyl sites for hydroxylation is 1. The summed E-state index contributed by atoms with van der Waals surface area (Å²) in [5.41, 5.74) is 5.64. The minimum absolute atomic E-state index is 0. The number of sulfonamides is 1. The first-order chi connectivity index (χ1) is 11.0. The van der Waals surface area contributed by atoms with Gasteiger partial charge in [-0.05, 0) is 38.7 Å². The Morgan fingerprint density at radius 1 is 1.44 bits per heavy atom. The third-order valence-corrected chi connectivity index (χ3v) is 6.01. The van der Waals surface area contributed by atoms with Crippen LogP contribution in [-0.4, -0.2) is 48.4 Å². The summed E-state index contributed by atoms with van der Waals surface area (Å²) in [5, 5.41) is 2.74. The molecule has 144 valence electrons. The van der Waals surface area contributed by atoms with Crippen molar-refractivity contribution in [3.63, 3.8) is 0 Å². The molecule has 1 unspecified atom stereocenters. The summed E-state index contributed by atoms with van der Waals surface area (Å²) >= 11 is 0. The molecule has 1 atom stereocenters. The van der Waals surface area contributed by atoms with Gasteiger partial charge in [0, 0.05) is 38.4 Å². The zero-order chi connectivity index (χ0) is 18.1. The number of carbonyl (C=O) groups excluding carboxylic acids is 1. The molecule has 1 saturated heterocycles. The van der Waals surface area contributed by atoms with Gasteiger partial charge in [0.15, 0.2) is 0 Å². The van der Waals surface area contributed by atoms with Crippen molar-refractivity contribution < 1.29 is 13.2 Å². The van der Waals surface area contributed by atoms with Crippen LogP contribution in [0.3, 0.4) is 0 Å². The smallest absolute Gasteiger partial charge is 0.268 e. The molecule has 1 fully saturated rings. The molecule has 0 radical (unpaired) electrons. The molecule has 1 amide bonds. The molecule has 0 bridgehead atoms. The Bertz CT molecular complexity index is 709. The maximum absolute atomic E-state index is 12.8. The van der Waals surface area contributed by atoms with Crippen molar-refractivity contribution in [3.05, 3.63) is 18.0 Å². The van der Waals surface area contributed by atoms with E-state index in [0.29, 0.717) is 31.2 Å². The summed E-state index contributed by atoms with van der Waals surface area (Å²) in [5.74, 6) is 0.0243. The van der Waals surface area contributed by atoms with Gasteiger partial charge >= 0.3 is 0 Å². The largest absolute Gasteiger partial charge is 0.349 e. The first-order valence-electron chi connectivity index (χ1n) is 8.24. The van der Waals surface area contributed by atoms with Crippen LogP contribution < -0.4 is 11.1 Å². The second kappa shape index (κ2) is 8.07. The average molecular weight is 393 g/mol. The molecule has 3 N–H and O–H groups in total. The molecule has 0 saturated carbocycles. The first kappa shape index (κ1) is 22.0. The van der Waals surface area contributed by atoms with E-state index in [1.54, 1.807) is 11.6 Å². The van der Waals surface area contributed by atoms with E-state index in [0.717, 1.165) is 12.8 Å². The molecule has 25 heavy (non-hydrogen) atoms. The lowest BCUT2D eigenvalue weighted by Gasteiger charge is -2.29. The predicted molar refractivity (Wildman–Crippen MR) is 100 cm³/mol. The molecular formula is C16H29ClN4O3S. The molecule has 2 rings (SSSR count). The third kappa shape index (κ3) is 5.44. The zero-order valence-electron chi connectivity index (χ0n) is 15.3. The van der Waals surface area contributed by atoms with E-state index in [4.69, 9.17) is 5.73 Å². The van der Waals surface area contributed by atoms with Gasteiger partial charge in [-0.25, -0.2) is 8.42 Å². The van der Waals surface area contributed by atoms with Crippen LogP contribution in [0, 0.1) is 5.92 Å². The van der Waals surface area contributed by atoms with Gasteiger partial charge in [-0.3, -0.25) is 4.79 Å². The average Bonchev–Trinajstić information content (AvgIpc) is 2.87. The lowest BCUT2D eigenvalue weighted by molar-refractivity contribution is 0.0938. The van der Waals surface area contributed by atoms with Crippen molar-refractivity contribution in [1.29, 1.82) is 0 Å². The SMILES string of the molecule is CC1CCCN(S(=O)(=O)c2cc(C(=O)NCC(C)(C)N)n(C)c2)C1.Cl. The van der Waals surface area contributed by atoms with E-state index < -0.39 is 15.6 Å². The number of piperidine rings is 1. The molecule has 0 aromatic carbocycles. The third-order valence-electron chi connectivity index (χ3n) is 4.17.